The normalized spacial score (nSPS) is 11.7. The van der Waals surface area contributed by atoms with Gasteiger partial charge in [0.25, 0.3) is 5.69 Å². The number of phenols is 1. The predicted molar refractivity (Wildman–Crippen MR) is 75.0 cm³/mol. The molecule has 2 aromatic carbocycles. The van der Waals surface area contributed by atoms with Crippen LogP contribution < -0.4 is 0 Å². The molecule has 2 aromatic rings. The molecule has 0 aliphatic rings. The van der Waals surface area contributed by atoms with Crippen LogP contribution in [0.4, 0.5) is 5.69 Å². The van der Waals surface area contributed by atoms with Crippen LogP contribution in [0.3, 0.4) is 0 Å². The van der Waals surface area contributed by atoms with Crippen molar-refractivity contribution in [2.75, 3.05) is 0 Å². The standard InChI is InChI=1S/C15H13NO5/c1-10(12-3-2-4-13(9-12)16(19)20)21-15(18)11-5-7-14(17)8-6-11/h2-10,17H,1H3. The van der Waals surface area contributed by atoms with Gasteiger partial charge in [0.2, 0.25) is 0 Å². The third-order valence-corrected chi connectivity index (χ3v) is 2.94. The molecule has 0 saturated carbocycles. The summed E-state index contributed by atoms with van der Waals surface area (Å²) in [4.78, 5) is 22.1. The van der Waals surface area contributed by atoms with E-state index in [0.717, 1.165) is 0 Å². The molecule has 0 bridgehead atoms. The molecule has 0 spiro atoms. The van der Waals surface area contributed by atoms with Crippen molar-refractivity contribution in [3.05, 3.63) is 69.8 Å². The molecule has 1 N–H and O–H groups in total. The molecule has 108 valence electrons. The first-order chi connectivity index (χ1) is 9.97. The number of nitro benzene ring substituents is 1. The van der Waals surface area contributed by atoms with E-state index in [1.54, 1.807) is 19.1 Å². The topological polar surface area (TPSA) is 89.7 Å². The summed E-state index contributed by atoms with van der Waals surface area (Å²) in [5.74, 6) is -0.507. The lowest BCUT2D eigenvalue weighted by Crippen LogP contribution is -2.09. The quantitative estimate of drug-likeness (QED) is 0.529. The maximum atomic E-state index is 11.9. The summed E-state index contributed by atoms with van der Waals surface area (Å²) >= 11 is 0. The van der Waals surface area contributed by atoms with Gasteiger partial charge in [-0.05, 0) is 36.8 Å². The van der Waals surface area contributed by atoms with Crippen molar-refractivity contribution in [2.24, 2.45) is 0 Å². The van der Waals surface area contributed by atoms with Crippen molar-refractivity contribution >= 4 is 11.7 Å². The van der Waals surface area contributed by atoms with E-state index in [2.05, 4.69) is 0 Å². The van der Waals surface area contributed by atoms with E-state index in [-0.39, 0.29) is 11.4 Å². The maximum Gasteiger partial charge on any atom is 0.338 e. The van der Waals surface area contributed by atoms with E-state index in [1.807, 2.05) is 0 Å². The van der Waals surface area contributed by atoms with E-state index in [0.29, 0.717) is 11.1 Å². The minimum absolute atomic E-state index is 0.0540. The van der Waals surface area contributed by atoms with Gasteiger partial charge >= 0.3 is 5.97 Å². The molecular formula is C15H13NO5. The molecule has 0 heterocycles. The average Bonchev–Trinajstić information content (AvgIpc) is 2.48. The van der Waals surface area contributed by atoms with Crippen molar-refractivity contribution in [1.82, 2.24) is 0 Å². The number of carbonyl (C=O) groups excluding carboxylic acids is 1. The van der Waals surface area contributed by atoms with Crippen molar-refractivity contribution in [3.63, 3.8) is 0 Å². The maximum absolute atomic E-state index is 11.9. The first kappa shape index (κ1) is 14.5. The fourth-order valence-electron chi connectivity index (χ4n) is 1.79. The lowest BCUT2D eigenvalue weighted by molar-refractivity contribution is -0.385. The van der Waals surface area contributed by atoms with Crippen molar-refractivity contribution < 1.29 is 19.6 Å². The number of non-ortho nitro benzene ring substituents is 1. The van der Waals surface area contributed by atoms with Crippen LogP contribution in [0.25, 0.3) is 0 Å². The summed E-state index contributed by atoms with van der Waals surface area (Å²) in [5, 5.41) is 19.9. The Hall–Kier alpha value is -2.89. The zero-order chi connectivity index (χ0) is 15.4. The highest BCUT2D eigenvalue weighted by molar-refractivity contribution is 5.89. The van der Waals surface area contributed by atoms with Gasteiger partial charge in [0.1, 0.15) is 11.9 Å². The SMILES string of the molecule is CC(OC(=O)c1ccc(O)cc1)c1cccc([N+](=O)[O-])c1. The van der Waals surface area contributed by atoms with Crippen LogP contribution in [0.15, 0.2) is 48.5 Å². The number of aromatic hydroxyl groups is 1. The van der Waals surface area contributed by atoms with E-state index in [4.69, 9.17) is 9.84 Å². The Kier molecular flexibility index (Phi) is 4.18. The number of nitrogens with zero attached hydrogens (tertiary/aromatic N) is 1. The van der Waals surface area contributed by atoms with Crippen LogP contribution in [0.2, 0.25) is 0 Å². The van der Waals surface area contributed by atoms with Crippen LogP contribution >= 0.6 is 0 Å². The molecule has 6 heteroatoms. The summed E-state index contributed by atoms with van der Waals surface area (Å²) in [6.45, 7) is 1.64. The van der Waals surface area contributed by atoms with Crippen LogP contribution in [0.5, 0.6) is 5.75 Å². The number of benzene rings is 2. The second-order valence-corrected chi connectivity index (χ2v) is 4.45. The molecule has 0 amide bonds. The fraction of sp³-hybridized carbons (Fsp3) is 0.133. The van der Waals surface area contributed by atoms with Crippen molar-refractivity contribution in [1.29, 1.82) is 0 Å². The van der Waals surface area contributed by atoms with E-state index in [1.165, 1.54) is 36.4 Å². The Morgan fingerprint density at radius 2 is 1.90 bits per heavy atom. The predicted octanol–water partition coefficient (Wildman–Crippen LogP) is 3.22. The molecule has 6 nitrogen and oxygen atoms in total. The number of esters is 1. The highest BCUT2D eigenvalue weighted by Crippen LogP contribution is 2.23. The summed E-state index contributed by atoms with van der Waals surface area (Å²) < 4.78 is 5.25. The largest absolute Gasteiger partial charge is 0.508 e. The van der Waals surface area contributed by atoms with E-state index >= 15 is 0 Å². The van der Waals surface area contributed by atoms with Crippen molar-refractivity contribution in [2.45, 2.75) is 13.0 Å². The number of ether oxygens (including phenoxy) is 1. The van der Waals surface area contributed by atoms with Gasteiger partial charge in [-0.1, -0.05) is 12.1 Å². The summed E-state index contributed by atoms with van der Waals surface area (Å²) in [6, 6.07) is 11.6. The second kappa shape index (κ2) is 6.04. The number of phenolic OH excluding ortho intramolecular Hbond substituents is 1. The molecule has 0 aliphatic carbocycles. The number of nitro groups is 1. The second-order valence-electron chi connectivity index (χ2n) is 4.45. The monoisotopic (exact) mass is 287 g/mol. The highest BCUT2D eigenvalue weighted by Gasteiger charge is 2.16. The smallest absolute Gasteiger partial charge is 0.338 e. The molecule has 0 aliphatic heterocycles. The van der Waals surface area contributed by atoms with Gasteiger partial charge in [-0.25, -0.2) is 4.79 Å². The molecule has 1 unspecified atom stereocenters. The Balaban J connectivity index is 2.12. The number of rotatable bonds is 4. The lowest BCUT2D eigenvalue weighted by Gasteiger charge is -2.13. The molecule has 0 radical (unpaired) electrons. The molecular weight excluding hydrogens is 274 g/mol. The zero-order valence-electron chi connectivity index (χ0n) is 11.2. The number of hydrogen-bond donors (Lipinski definition) is 1. The molecule has 21 heavy (non-hydrogen) atoms. The number of carbonyl (C=O) groups is 1. The zero-order valence-corrected chi connectivity index (χ0v) is 11.2. The van der Waals surface area contributed by atoms with Crippen LogP contribution in [-0.2, 0) is 4.74 Å². The fourth-order valence-corrected chi connectivity index (χ4v) is 1.79. The Morgan fingerprint density at radius 1 is 1.24 bits per heavy atom. The minimum Gasteiger partial charge on any atom is -0.508 e. The number of hydrogen-bond acceptors (Lipinski definition) is 5. The Labute approximate surface area is 120 Å². The summed E-state index contributed by atoms with van der Waals surface area (Å²) in [7, 11) is 0. The van der Waals surface area contributed by atoms with Gasteiger partial charge in [-0.15, -0.1) is 0 Å². The van der Waals surface area contributed by atoms with Crippen molar-refractivity contribution in [3.8, 4) is 5.75 Å². The van der Waals surface area contributed by atoms with E-state index in [9.17, 15) is 14.9 Å². The van der Waals surface area contributed by atoms with Gasteiger partial charge in [0.15, 0.2) is 0 Å². The molecule has 2 rings (SSSR count). The van der Waals surface area contributed by atoms with Gasteiger partial charge < -0.3 is 9.84 Å². The average molecular weight is 287 g/mol. The van der Waals surface area contributed by atoms with Crippen LogP contribution in [0, 0.1) is 10.1 Å². The first-order valence-corrected chi connectivity index (χ1v) is 6.22. The minimum atomic E-state index is -0.619. The summed E-state index contributed by atoms with van der Waals surface area (Å²) in [5.41, 5.74) is 0.779. The molecule has 0 fully saturated rings. The summed E-state index contributed by atoms with van der Waals surface area (Å²) in [6.07, 6.45) is -0.619. The molecule has 0 aromatic heterocycles. The molecule has 1 atom stereocenters. The highest BCUT2D eigenvalue weighted by atomic mass is 16.6. The van der Waals surface area contributed by atoms with Crippen LogP contribution in [0.1, 0.15) is 28.9 Å². The Bertz CT molecular complexity index is 666. The van der Waals surface area contributed by atoms with Gasteiger partial charge in [-0.3, -0.25) is 10.1 Å². The van der Waals surface area contributed by atoms with Gasteiger partial charge in [0, 0.05) is 12.1 Å². The van der Waals surface area contributed by atoms with Crippen LogP contribution in [-0.4, -0.2) is 16.0 Å². The first-order valence-electron chi connectivity index (χ1n) is 6.22. The Morgan fingerprint density at radius 3 is 2.52 bits per heavy atom. The van der Waals surface area contributed by atoms with Gasteiger partial charge in [-0.2, -0.15) is 0 Å². The van der Waals surface area contributed by atoms with E-state index < -0.39 is 17.0 Å². The third-order valence-electron chi connectivity index (χ3n) is 2.94. The van der Waals surface area contributed by atoms with Gasteiger partial charge in [0.05, 0.1) is 10.5 Å². The lowest BCUT2D eigenvalue weighted by atomic mass is 10.1. The third kappa shape index (κ3) is 3.56. The molecule has 0 saturated heterocycles.